The van der Waals surface area contributed by atoms with E-state index < -0.39 is 0 Å². The Kier molecular flexibility index (Phi) is 4.74. The molecule has 0 saturated carbocycles. The van der Waals surface area contributed by atoms with Gasteiger partial charge in [-0.2, -0.15) is 5.10 Å². The SMILES string of the molecule is C=CCn1c(COc2ccc(C(C)C)cc2)n[nH]c1=S. The molecule has 0 atom stereocenters. The molecule has 0 fully saturated rings. The summed E-state index contributed by atoms with van der Waals surface area (Å²) in [6.45, 7) is 9.05. The molecule has 4 nitrogen and oxygen atoms in total. The first-order valence-corrected chi connectivity index (χ1v) is 7.00. The predicted octanol–water partition coefficient (Wildman–Crippen LogP) is 3.83. The largest absolute Gasteiger partial charge is 0.486 e. The van der Waals surface area contributed by atoms with Crippen LogP contribution in [0.1, 0.15) is 31.2 Å². The predicted molar refractivity (Wildman–Crippen MR) is 82.5 cm³/mol. The van der Waals surface area contributed by atoms with Crippen LogP contribution in [0, 0.1) is 4.77 Å². The van der Waals surface area contributed by atoms with Crippen molar-refractivity contribution in [1.29, 1.82) is 0 Å². The number of aromatic nitrogens is 3. The van der Waals surface area contributed by atoms with Crippen molar-refractivity contribution < 1.29 is 4.74 Å². The molecule has 20 heavy (non-hydrogen) atoms. The second-order valence-electron chi connectivity index (χ2n) is 4.86. The first-order valence-electron chi connectivity index (χ1n) is 6.59. The molecular formula is C15H19N3OS. The van der Waals surface area contributed by atoms with E-state index in [1.165, 1.54) is 5.56 Å². The van der Waals surface area contributed by atoms with Gasteiger partial charge in [-0.3, -0.25) is 9.67 Å². The first kappa shape index (κ1) is 14.5. The van der Waals surface area contributed by atoms with Gasteiger partial charge in [0.15, 0.2) is 10.6 Å². The van der Waals surface area contributed by atoms with E-state index in [9.17, 15) is 0 Å². The summed E-state index contributed by atoms with van der Waals surface area (Å²) in [5, 5.41) is 6.94. The molecule has 1 N–H and O–H groups in total. The average molecular weight is 289 g/mol. The lowest BCUT2D eigenvalue weighted by Gasteiger charge is -2.09. The van der Waals surface area contributed by atoms with Crippen molar-refractivity contribution in [3.05, 3.63) is 53.1 Å². The van der Waals surface area contributed by atoms with E-state index in [4.69, 9.17) is 17.0 Å². The molecular weight excluding hydrogens is 270 g/mol. The molecule has 0 aliphatic carbocycles. The third-order valence-corrected chi connectivity index (χ3v) is 3.38. The van der Waals surface area contributed by atoms with Crippen LogP contribution in [-0.4, -0.2) is 14.8 Å². The first-order chi connectivity index (χ1) is 9.61. The number of H-pyrrole nitrogens is 1. The Morgan fingerprint density at radius 2 is 2.10 bits per heavy atom. The van der Waals surface area contributed by atoms with Gasteiger partial charge >= 0.3 is 0 Å². The van der Waals surface area contributed by atoms with Gasteiger partial charge in [-0.05, 0) is 35.8 Å². The van der Waals surface area contributed by atoms with E-state index >= 15 is 0 Å². The van der Waals surface area contributed by atoms with E-state index in [0.717, 1.165) is 11.6 Å². The van der Waals surface area contributed by atoms with E-state index in [0.29, 0.717) is 23.8 Å². The molecule has 2 aromatic rings. The molecule has 0 spiro atoms. The minimum absolute atomic E-state index is 0.377. The van der Waals surface area contributed by atoms with Crippen molar-refractivity contribution in [2.75, 3.05) is 0 Å². The Labute approximate surface area is 124 Å². The van der Waals surface area contributed by atoms with Crippen molar-refractivity contribution in [3.8, 4) is 5.75 Å². The summed E-state index contributed by atoms with van der Waals surface area (Å²) in [7, 11) is 0. The number of hydrogen-bond donors (Lipinski definition) is 1. The van der Waals surface area contributed by atoms with Gasteiger partial charge in [0.25, 0.3) is 0 Å². The Balaban J connectivity index is 2.05. The summed E-state index contributed by atoms with van der Waals surface area (Å²) in [6.07, 6.45) is 1.78. The van der Waals surface area contributed by atoms with Gasteiger partial charge in [0.2, 0.25) is 0 Å². The average Bonchev–Trinajstić information content (AvgIpc) is 2.79. The molecule has 0 bridgehead atoms. The van der Waals surface area contributed by atoms with Gasteiger partial charge in [-0.15, -0.1) is 6.58 Å². The number of hydrogen-bond acceptors (Lipinski definition) is 3. The molecule has 0 aliphatic heterocycles. The molecule has 1 heterocycles. The fourth-order valence-corrected chi connectivity index (χ4v) is 2.10. The van der Waals surface area contributed by atoms with Crippen molar-refractivity contribution in [1.82, 2.24) is 14.8 Å². The minimum atomic E-state index is 0.377. The highest BCUT2D eigenvalue weighted by Gasteiger charge is 2.06. The summed E-state index contributed by atoms with van der Waals surface area (Å²) < 4.78 is 8.19. The van der Waals surface area contributed by atoms with E-state index in [2.05, 4.69) is 42.8 Å². The number of nitrogens with zero attached hydrogens (tertiary/aromatic N) is 2. The Morgan fingerprint density at radius 3 is 2.70 bits per heavy atom. The number of aromatic amines is 1. The van der Waals surface area contributed by atoms with Crippen LogP contribution < -0.4 is 4.74 Å². The van der Waals surface area contributed by atoms with Crippen LogP contribution in [0.4, 0.5) is 0 Å². The zero-order chi connectivity index (χ0) is 14.5. The van der Waals surface area contributed by atoms with Gasteiger partial charge in [0, 0.05) is 6.54 Å². The highest BCUT2D eigenvalue weighted by Crippen LogP contribution is 2.19. The molecule has 5 heteroatoms. The van der Waals surface area contributed by atoms with Gasteiger partial charge in [-0.25, -0.2) is 0 Å². The lowest BCUT2D eigenvalue weighted by Crippen LogP contribution is -2.06. The maximum Gasteiger partial charge on any atom is 0.195 e. The van der Waals surface area contributed by atoms with E-state index in [1.54, 1.807) is 6.08 Å². The van der Waals surface area contributed by atoms with Crippen LogP contribution in [0.3, 0.4) is 0 Å². The molecule has 106 valence electrons. The lowest BCUT2D eigenvalue weighted by molar-refractivity contribution is 0.290. The molecule has 0 saturated heterocycles. The molecule has 1 aromatic carbocycles. The second kappa shape index (κ2) is 6.52. The normalized spacial score (nSPS) is 10.8. The topological polar surface area (TPSA) is 42.8 Å². The molecule has 0 amide bonds. The van der Waals surface area contributed by atoms with Crippen LogP contribution in [0.15, 0.2) is 36.9 Å². The third kappa shape index (κ3) is 3.36. The number of nitrogens with one attached hydrogen (secondary N) is 1. The maximum absolute atomic E-state index is 5.74. The summed E-state index contributed by atoms with van der Waals surface area (Å²) in [5.74, 6) is 2.12. The summed E-state index contributed by atoms with van der Waals surface area (Å²) in [4.78, 5) is 0. The van der Waals surface area contributed by atoms with Gasteiger partial charge in [0.1, 0.15) is 12.4 Å². The monoisotopic (exact) mass is 289 g/mol. The van der Waals surface area contributed by atoms with Crippen molar-refractivity contribution in [3.63, 3.8) is 0 Å². The molecule has 1 aromatic heterocycles. The molecule has 2 rings (SSSR count). The van der Waals surface area contributed by atoms with Crippen molar-refractivity contribution in [2.45, 2.75) is 32.9 Å². The van der Waals surface area contributed by atoms with Gasteiger partial charge in [-0.1, -0.05) is 32.1 Å². The van der Waals surface area contributed by atoms with Crippen molar-refractivity contribution >= 4 is 12.2 Å². The van der Waals surface area contributed by atoms with Crippen molar-refractivity contribution in [2.24, 2.45) is 0 Å². The Morgan fingerprint density at radius 1 is 1.40 bits per heavy atom. The maximum atomic E-state index is 5.74. The van der Waals surface area contributed by atoms with Crippen LogP contribution in [0.2, 0.25) is 0 Å². The molecule has 0 aliphatic rings. The van der Waals surface area contributed by atoms with Crippen LogP contribution in [-0.2, 0) is 13.2 Å². The van der Waals surface area contributed by atoms with Crippen LogP contribution in [0.25, 0.3) is 0 Å². The molecule has 0 radical (unpaired) electrons. The quantitative estimate of drug-likeness (QED) is 0.649. The zero-order valence-corrected chi connectivity index (χ0v) is 12.6. The second-order valence-corrected chi connectivity index (χ2v) is 5.24. The number of allylic oxidation sites excluding steroid dienone is 1. The fraction of sp³-hybridized carbons (Fsp3) is 0.333. The van der Waals surface area contributed by atoms with E-state index in [-0.39, 0.29) is 0 Å². The number of benzene rings is 1. The summed E-state index contributed by atoms with van der Waals surface area (Å²) in [5.41, 5.74) is 1.30. The fourth-order valence-electron chi connectivity index (χ4n) is 1.87. The standard InChI is InChI=1S/C15H19N3OS/c1-4-9-18-14(16-17-15(18)20)10-19-13-7-5-12(6-8-13)11(2)3/h4-8,11H,1,9-10H2,2-3H3,(H,17,20). The van der Waals surface area contributed by atoms with Gasteiger partial charge in [0.05, 0.1) is 0 Å². The highest BCUT2D eigenvalue weighted by molar-refractivity contribution is 7.71. The van der Waals surface area contributed by atoms with Crippen LogP contribution in [0.5, 0.6) is 5.75 Å². The number of rotatable bonds is 6. The zero-order valence-electron chi connectivity index (χ0n) is 11.8. The lowest BCUT2D eigenvalue weighted by atomic mass is 10.0. The Hall–Kier alpha value is -1.88. The smallest absolute Gasteiger partial charge is 0.195 e. The summed E-state index contributed by atoms with van der Waals surface area (Å²) >= 11 is 5.16. The minimum Gasteiger partial charge on any atom is -0.486 e. The third-order valence-electron chi connectivity index (χ3n) is 3.06. The van der Waals surface area contributed by atoms with Gasteiger partial charge < -0.3 is 4.74 Å². The van der Waals surface area contributed by atoms with E-state index in [1.807, 2.05) is 16.7 Å². The highest BCUT2D eigenvalue weighted by atomic mass is 32.1. The Bertz CT molecular complexity index is 625. The summed E-state index contributed by atoms with van der Waals surface area (Å²) in [6, 6.07) is 8.13. The van der Waals surface area contributed by atoms with Crippen LogP contribution >= 0.6 is 12.2 Å². The number of ether oxygens (including phenoxy) is 1. The molecule has 0 unspecified atom stereocenters.